The molecule has 0 radical (unpaired) electrons. The molecular weight excluding hydrogens is 851 g/mol. The van der Waals surface area contributed by atoms with Crippen molar-refractivity contribution in [3.8, 4) is 45.0 Å². The van der Waals surface area contributed by atoms with Crippen LogP contribution in [0.25, 0.3) is 110 Å². The Kier molecular flexibility index (Phi) is 10.4. The van der Waals surface area contributed by atoms with Crippen molar-refractivity contribution in [3.05, 3.63) is 158 Å². The molecule has 0 saturated heterocycles. The number of pyridine rings is 6. The molecule has 0 fully saturated rings. The van der Waals surface area contributed by atoms with Gasteiger partial charge in [0.1, 0.15) is 14.3 Å². The van der Waals surface area contributed by atoms with Crippen LogP contribution in [0.2, 0.25) is 0 Å². The van der Waals surface area contributed by atoms with Gasteiger partial charge in [0.05, 0.1) is 55.9 Å². The predicted octanol–water partition coefficient (Wildman–Crippen LogP) is 13.7. The van der Waals surface area contributed by atoms with E-state index in [1.165, 1.54) is 0 Å². The Balaban J connectivity index is 1.07. The highest BCUT2D eigenvalue weighted by molar-refractivity contribution is 7.71. The molecule has 0 bridgehead atoms. The molecule has 0 saturated carbocycles. The van der Waals surface area contributed by atoms with Gasteiger partial charge >= 0.3 is 0 Å². The number of fused-ring (bicyclic) bond motifs is 9. The second kappa shape index (κ2) is 16.5. The minimum Gasteiger partial charge on any atom is -0.319 e. The fraction of sp³-hybridized carbons (Fsp3) is 0.143. The fourth-order valence-electron chi connectivity index (χ4n) is 9.32. The maximum absolute atomic E-state index is 14.5. The van der Waals surface area contributed by atoms with Crippen LogP contribution >= 0.6 is 14.3 Å². The van der Waals surface area contributed by atoms with Gasteiger partial charge in [0.25, 0.3) is 0 Å². The van der Waals surface area contributed by atoms with Crippen molar-refractivity contribution in [2.75, 3.05) is 24.6 Å². The molecule has 0 spiro atoms. The van der Waals surface area contributed by atoms with E-state index in [9.17, 15) is 9.13 Å². The van der Waals surface area contributed by atoms with Crippen LogP contribution in [0.15, 0.2) is 158 Å². The van der Waals surface area contributed by atoms with Gasteiger partial charge in [0.15, 0.2) is 0 Å². The van der Waals surface area contributed by atoms with Crippen molar-refractivity contribution in [2.24, 2.45) is 0 Å². The normalized spacial score (nSPS) is 12.3. The van der Waals surface area contributed by atoms with Gasteiger partial charge in [-0.2, -0.15) is 0 Å². The Morgan fingerprint density at radius 2 is 0.591 bits per heavy atom. The topological polar surface area (TPSA) is 111 Å². The first-order valence-corrected chi connectivity index (χ1v) is 26.8. The van der Waals surface area contributed by atoms with Gasteiger partial charge < -0.3 is 9.13 Å². The standard InChI is InChI=1S/C56H46N6O2P2/c1-5-65(63,6-2)45-31-41(47-23-19-37-15-13-35-11-9-27-57-51(35)53(37)59-47)29-43(33-45)49-25-21-39-17-18-40-22-26-50(62-56(40)55(39)61-49)44-30-42(32-46(34-44)66(64,7-3)8-4)48-24-20-38-16-14-36-12-10-28-58-52(36)54(38)60-48/h9-34H,5-8H2,1-4H3. The summed E-state index contributed by atoms with van der Waals surface area (Å²) in [5.41, 5.74) is 11.4. The molecule has 6 aromatic heterocycles. The molecule has 0 amide bonds. The summed E-state index contributed by atoms with van der Waals surface area (Å²) < 4.78 is 29.1. The molecule has 0 unspecified atom stereocenters. The van der Waals surface area contributed by atoms with Crippen molar-refractivity contribution in [1.29, 1.82) is 0 Å². The molecule has 0 aliphatic rings. The average Bonchev–Trinajstić information content (AvgIpc) is 3.39. The molecule has 6 heterocycles. The van der Waals surface area contributed by atoms with E-state index in [1.807, 2.05) is 64.1 Å². The van der Waals surface area contributed by atoms with Crippen molar-refractivity contribution < 1.29 is 9.13 Å². The van der Waals surface area contributed by atoms with Gasteiger partial charge in [-0.25, -0.2) is 19.9 Å². The molecular formula is C56H46N6O2P2. The summed E-state index contributed by atoms with van der Waals surface area (Å²) in [6.07, 6.45) is 5.80. The first kappa shape index (κ1) is 41.7. The van der Waals surface area contributed by atoms with Crippen LogP contribution in [0.5, 0.6) is 0 Å². The van der Waals surface area contributed by atoms with Gasteiger partial charge in [-0.15, -0.1) is 0 Å². The molecule has 0 N–H and O–H groups in total. The minimum atomic E-state index is -2.72. The zero-order valence-corrected chi connectivity index (χ0v) is 39.0. The lowest BCUT2D eigenvalue weighted by Crippen LogP contribution is -2.10. The molecule has 0 aliphatic heterocycles. The second-order valence-electron chi connectivity index (χ2n) is 17.0. The molecule has 8 nitrogen and oxygen atoms in total. The number of rotatable bonds is 10. The second-order valence-corrected chi connectivity index (χ2v) is 24.1. The number of hydrogen-bond donors (Lipinski definition) is 0. The highest BCUT2D eigenvalue weighted by atomic mass is 31.2. The highest BCUT2D eigenvalue weighted by Gasteiger charge is 2.25. The summed E-state index contributed by atoms with van der Waals surface area (Å²) in [7, 11) is -5.44. The highest BCUT2D eigenvalue weighted by Crippen LogP contribution is 2.47. The molecule has 11 rings (SSSR count). The zero-order chi connectivity index (χ0) is 45.2. The van der Waals surface area contributed by atoms with Gasteiger partial charge in [0.2, 0.25) is 0 Å². The Bertz CT molecular complexity index is 3600. The van der Waals surface area contributed by atoms with Gasteiger partial charge in [-0.1, -0.05) is 100 Å². The summed E-state index contributed by atoms with van der Waals surface area (Å²) in [6, 6.07) is 49.4. The van der Waals surface area contributed by atoms with Crippen LogP contribution in [-0.4, -0.2) is 54.6 Å². The van der Waals surface area contributed by atoms with Crippen LogP contribution in [-0.2, 0) is 9.13 Å². The molecule has 10 heteroatoms. The number of aromatic nitrogens is 6. The minimum absolute atomic E-state index is 0.550. The third kappa shape index (κ3) is 7.17. The van der Waals surface area contributed by atoms with Gasteiger partial charge in [0, 0.05) is 102 Å². The molecule has 0 atom stereocenters. The smallest absolute Gasteiger partial charge is 0.115 e. The molecule has 66 heavy (non-hydrogen) atoms. The lowest BCUT2D eigenvalue weighted by Gasteiger charge is -2.18. The van der Waals surface area contributed by atoms with Crippen LogP contribution in [0.1, 0.15) is 27.7 Å². The number of benzene rings is 5. The van der Waals surface area contributed by atoms with E-state index in [-0.39, 0.29) is 0 Å². The summed E-state index contributed by atoms with van der Waals surface area (Å²) in [4.78, 5) is 30.5. The van der Waals surface area contributed by atoms with Crippen LogP contribution < -0.4 is 10.6 Å². The number of hydrogen-bond acceptors (Lipinski definition) is 8. The largest absolute Gasteiger partial charge is 0.319 e. The van der Waals surface area contributed by atoms with Crippen molar-refractivity contribution in [2.45, 2.75) is 27.7 Å². The molecule has 0 aliphatic carbocycles. The Morgan fingerprint density at radius 1 is 0.333 bits per heavy atom. The van der Waals surface area contributed by atoms with Crippen LogP contribution in [0.3, 0.4) is 0 Å². The summed E-state index contributed by atoms with van der Waals surface area (Å²) in [5.74, 6) is 0. The zero-order valence-electron chi connectivity index (χ0n) is 37.2. The van der Waals surface area contributed by atoms with Crippen LogP contribution in [0, 0.1) is 0 Å². The van der Waals surface area contributed by atoms with E-state index in [0.717, 1.165) is 121 Å². The maximum Gasteiger partial charge on any atom is 0.115 e. The van der Waals surface area contributed by atoms with Crippen molar-refractivity contribution in [1.82, 2.24) is 29.9 Å². The molecule has 11 aromatic rings. The average molecular weight is 897 g/mol. The van der Waals surface area contributed by atoms with E-state index >= 15 is 0 Å². The molecule has 5 aromatic carbocycles. The van der Waals surface area contributed by atoms with E-state index in [4.69, 9.17) is 29.9 Å². The van der Waals surface area contributed by atoms with E-state index in [1.54, 1.807) is 12.4 Å². The van der Waals surface area contributed by atoms with E-state index in [0.29, 0.717) is 24.6 Å². The van der Waals surface area contributed by atoms with Crippen molar-refractivity contribution in [3.63, 3.8) is 0 Å². The third-order valence-electron chi connectivity index (χ3n) is 13.4. The Morgan fingerprint density at radius 3 is 0.879 bits per heavy atom. The Hall–Kier alpha value is -6.98. The predicted molar refractivity (Wildman–Crippen MR) is 277 cm³/mol. The first-order valence-electron chi connectivity index (χ1n) is 22.7. The van der Waals surface area contributed by atoms with E-state index < -0.39 is 14.3 Å². The van der Waals surface area contributed by atoms with Gasteiger partial charge in [-0.05, 0) is 72.8 Å². The fourth-order valence-corrected chi connectivity index (χ4v) is 13.2. The summed E-state index contributed by atoms with van der Waals surface area (Å²) >= 11 is 0. The maximum atomic E-state index is 14.5. The summed E-state index contributed by atoms with van der Waals surface area (Å²) in [5, 5.41) is 7.60. The van der Waals surface area contributed by atoms with Crippen molar-refractivity contribution >= 4 is 90.3 Å². The summed E-state index contributed by atoms with van der Waals surface area (Å²) in [6.45, 7) is 8.02. The third-order valence-corrected chi connectivity index (χ3v) is 19.9. The van der Waals surface area contributed by atoms with E-state index in [2.05, 4.69) is 109 Å². The quantitative estimate of drug-likeness (QED) is 0.0985. The lowest BCUT2D eigenvalue weighted by molar-refractivity contribution is 0.581. The van der Waals surface area contributed by atoms with Gasteiger partial charge in [-0.3, -0.25) is 9.97 Å². The monoisotopic (exact) mass is 896 g/mol. The first-order chi connectivity index (χ1) is 32.2. The SMILES string of the molecule is CCP(=O)(CC)c1cc(-c2ccc3ccc4cccnc4c3n2)cc(-c2ccc3ccc4ccc(-c5cc(-c6ccc7ccc8cccnc8c7n6)cc(P(=O)(CC)CC)c5)nc4c3n2)c1. The Labute approximate surface area is 383 Å². The van der Waals surface area contributed by atoms with Crippen LogP contribution in [0.4, 0.5) is 0 Å². The molecule has 322 valence electrons. The lowest BCUT2D eigenvalue weighted by atomic mass is 10.0. The number of nitrogens with zero attached hydrogens (tertiary/aromatic N) is 6.